The van der Waals surface area contributed by atoms with Crippen molar-refractivity contribution >= 4 is 23.4 Å². The van der Waals surface area contributed by atoms with Crippen molar-refractivity contribution in [1.29, 1.82) is 0 Å². The summed E-state index contributed by atoms with van der Waals surface area (Å²) >= 11 is 1.43. The number of carbonyl (C=O) groups is 1. The Morgan fingerprint density at radius 2 is 1.85 bits per heavy atom. The van der Waals surface area contributed by atoms with E-state index in [9.17, 15) is 13.6 Å². The molecule has 0 fully saturated rings. The van der Waals surface area contributed by atoms with Gasteiger partial charge in [0.1, 0.15) is 0 Å². The van der Waals surface area contributed by atoms with Gasteiger partial charge in [-0.3, -0.25) is 4.79 Å². The molecule has 0 spiro atoms. The highest BCUT2D eigenvalue weighted by Gasteiger charge is 2.12. The van der Waals surface area contributed by atoms with E-state index in [0.29, 0.717) is 5.75 Å². The summed E-state index contributed by atoms with van der Waals surface area (Å²) in [5.41, 5.74) is 3.73. The summed E-state index contributed by atoms with van der Waals surface area (Å²) in [7, 11) is 1.39. The molecule has 26 heavy (non-hydrogen) atoms. The first-order valence-electron chi connectivity index (χ1n) is 7.96. The van der Waals surface area contributed by atoms with E-state index in [1.807, 2.05) is 32.0 Å². The lowest BCUT2D eigenvalue weighted by Crippen LogP contribution is -2.15. The number of hydrogen-bond donors (Lipinski definition) is 1. The molecule has 0 saturated heterocycles. The van der Waals surface area contributed by atoms with Crippen molar-refractivity contribution < 1.29 is 23.0 Å². The highest BCUT2D eigenvalue weighted by Crippen LogP contribution is 2.30. The number of alkyl halides is 2. The molecule has 2 aromatic carbocycles. The van der Waals surface area contributed by atoms with E-state index in [0.717, 1.165) is 22.4 Å². The van der Waals surface area contributed by atoms with E-state index in [1.165, 1.54) is 24.9 Å². The number of nitrogens with one attached hydrogen (secondary N) is 1. The van der Waals surface area contributed by atoms with Gasteiger partial charge < -0.3 is 14.8 Å². The van der Waals surface area contributed by atoms with Crippen molar-refractivity contribution in [3.05, 3.63) is 53.1 Å². The Kier molecular flexibility index (Phi) is 7.26. The van der Waals surface area contributed by atoms with E-state index >= 15 is 0 Å². The molecule has 0 aliphatic rings. The van der Waals surface area contributed by atoms with E-state index in [4.69, 9.17) is 4.74 Å². The van der Waals surface area contributed by atoms with Gasteiger partial charge in [0.25, 0.3) is 0 Å². The first kappa shape index (κ1) is 20.0. The Bertz CT molecular complexity index is 748. The SMILES string of the molecule is COc1cc(CSCC(=O)Nc2c(C)cccc2C)ccc1OC(F)F. The zero-order chi connectivity index (χ0) is 19.1. The van der Waals surface area contributed by atoms with Gasteiger partial charge >= 0.3 is 6.61 Å². The largest absolute Gasteiger partial charge is 0.493 e. The standard InChI is InChI=1S/C19H21F2NO3S/c1-12-5-4-6-13(2)18(12)22-17(23)11-26-10-14-7-8-15(25-19(20)21)16(9-14)24-3/h4-9,19H,10-11H2,1-3H3,(H,22,23). The smallest absolute Gasteiger partial charge is 0.387 e. The Morgan fingerprint density at radius 3 is 2.46 bits per heavy atom. The lowest BCUT2D eigenvalue weighted by Gasteiger charge is -2.12. The zero-order valence-electron chi connectivity index (χ0n) is 14.8. The molecule has 0 atom stereocenters. The minimum atomic E-state index is -2.90. The normalized spacial score (nSPS) is 10.7. The van der Waals surface area contributed by atoms with E-state index < -0.39 is 6.61 Å². The summed E-state index contributed by atoms with van der Waals surface area (Å²) in [6.45, 7) is 0.994. The lowest BCUT2D eigenvalue weighted by atomic mass is 10.1. The maximum absolute atomic E-state index is 12.3. The fourth-order valence-electron chi connectivity index (χ4n) is 2.44. The van der Waals surface area contributed by atoms with E-state index in [1.54, 1.807) is 12.1 Å². The average molecular weight is 381 g/mol. The Hall–Kier alpha value is -2.28. The molecular weight excluding hydrogens is 360 g/mol. The average Bonchev–Trinajstić information content (AvgIpc) is 2.59. The Balaban J connectivity index is 1.90. The molecule has 2 aromatic rings. The van der Waals surface area contributed by atoms with Crippen LogP contribution in [0, 0.1) is 13.8 Å². The molecular formula is C19H21F2NO3S. The number of carbonyl (C=O) groups excluding carboxylic acids is 1. The van der Waals surface area contributed by atoms with Crippen LogP contribution in [-0.2, 0) is 10.5 Å². The number of anilines is 1. The van der Waals surface area contributed by atoms with Gasteiger partial charge in [-0.25, -0.2) is 0 Å². The van der Waals surface area contributed by atoms with Crippen molar-refractivity contribution in [3.8, 4) is 11.5 Å². The molecule has 4 nitrogen and oxygen atoms in total. The molecule has 1 amide bonds. The van der Waals surface area contributed by atoms with Gasteiger partial charge in [-0.1, -0.05) is 24.3 Å². The number of rotatable bonds is 8. The fraction of sp³-hybridized carbons (Fsp3) is 0.316. The quantitative estimate of drug-likeness (QED) is 0.715. The van der Waals surface area contributed by atoms with Crippen molar-refractivity contribution in [2.24, 2.45) is 0 Å². The minimum Gasteiger partial charge on any atom is -0.493 e. The molecule has 2 rings (SSSR count). The highest BCUT2D eigenvalue weighted by atomic mass is 32.2. The monoisotopic (exact) mass is 381 g/mol. The fourth-order valence-corrected chi connectivity index (χ4v) is 3.22. The molecule has 0 aliphatic carbocycles. The number of thioether (sulfide) groups is 1. The third-order valence-electron chi connectivity index (χ3n) is 3.69. The zero-order valence-corrected chi connectivity index (χ0v) is 15.7. The second-order valence-corrected chi connectivity index (χ2v) is 6.66. The summed E-state index contributed by atoms with van der Waals surface area (Å²) in [4.78, 5) is 12.1. The van der Waals surface area contributed by atoms with Gasteiger partial charge in [0.15, 0.2) is 11.5 Å². The number of halogens is 2. The molecule has 0 heterocycles. The number of benzene rings is 2. The van der Waals surface area contributed by atoms with Crippen LogP contribution in [0.4, 0.5) is 14.5 Å². The van der Waals surface area contributed by atoms with Crippen LogP contribution in [0.5, 0.6) is 11.5 Å². The molecule has 0 bridgehead atoms. The molecule has 0 saturated carbocycles. The van der Waals surface area contributed by atoms with E-state index in [-0.39, 0.29) is 23.2 Å². The van der Waals surface area contributed by atoms with Gasteiger partial charge in [0.2, 0.25) is 5.91 Å². The van der Waals surface area contributed by atoms with Crippen LogP contribution in [0.2, 0.25) is 0 Å². The summed E-state index contributed by atoms with van der Waals surface area (Å²) in [6.07, 6.45) is 0. The van der Waals surface area contributed by atoms with Crippen molar-refractivity contribution in [1.82, 2.24) is 0 Å². The minimum absolute atomic E-state index is 0.0102. The maximum atomic E-state index is 12.3. The predicted molar refractivity (Wildman–Crippen MR) is 100 cm³/mol. The number of aryl methyl sites for hydroxylation is 2. The molecule has 140 valence electrons. The molecule has 0 aliphatic heterocycles. The van der Waals surface area contributed by atoms with Crippen LogP contribution in [0.25, 0.3) is 0 Å². The number of para-hydroxylation sites is 1. The van der Waals surface area contributed by atoms with Crippen LogP contribution >= 0.6 is 11.8 Å². The number of amides is 1. The van der Waals surface area contributed by atoms with Crippen molar-refractivity contribution in [2.75, 3.05) is 18.2 Å². The molecule has 0 radical (unpaired) electrons. The number of hydrogen-bond acceptors (Lipinski definition) is 4. The molecule has 1 N–H and O–H groups in total. The second-order valence-electron chi connectivity index (χ2n) is 5.67. The third kappa shape index (κ3) is 5.62. The number of methoxy groups -OCH3 is 1. The third-order valence-corrected chi connectivity index (χ3v) is 4.70. The summed E-state index contributed by atoms with van der Waals surface area (Å²) in [5.74, 6) is 0.973. The summed E-state index contributed by atoms with van der Waals surface area (Å²) in [6, 6.07) is 10.6. The first-order chi connectivity index (χ1) is 12.4. The Morgan fingerprint density at radius 1 is 1.15 bits per heavy atom. The lowest BCUT2D eigenvalue weighted by molar-refractivity contribution is -0.113. The maximum Gasteiger partial charge on any atom is 0.387 e. The second kappa shape index (κ2) is 9.43. The molecule has 0 aromatic heterocycles. The summed E-state index contributed by atoms with van der Waals surface area (Å²) in [5, 5.41) is 2.93. The van der Waals surface area contributed by atoms with Crippen LogP contribution in [0.15, 0.2) is 36.4 Å². The van der Waals surface area contributed by atoms with Crippen molar-refractivity contribution in [2.45, 2.75) is 26.2 Å². The van der Waals surface area contributed by atoms with Crippen LogP contribution < -0.4 is 14.8 Å². The Labute approximate surface area is 155 Å². The predicted octanol–water partition coefficient (Wildman–Crippen LogP) is 4.79. The topological polar surface area (TPSA) is 47.6 Å². The first-order valence-corrected chi connectivity index (χ1v) is 9.11. The molecule has 7 heteroatoms. The van der Waals surface area contributed by atoms with Crippen LogP contribution in [0.3, 0.4) is 0 Å². The van der Waals surface area contributed by atoms with Crippen molar-refractivity contribution in [3.63, 3.8) is 0 Å². The van der Waals surface area contributed by atoms with Gasteiger partial charge in [-0.2, -0.15) is 8.78 Å². The molecule has 0 unspecified atom stereocenters. The number of ether oxygens (including phenoxy) is 2. The van der Waals surface area contributed by atoms with Gasteiger partial charge in [-0.15, -0.1) is 11.8 Å². The summed E-state index contributed by atoms with van der Waals surface area (Å²) < 4.78 is 34.1. The van der Waals surface area contributed by atoms with Crippen LogP contribution in [0.1, 0.15) is 16.7 Å². The highest BCUT2D eigenvalue weighted by molar-refractivity contribution is 7.99. The van der Waals surface area contributed by atoms with Gasteiger partial charge in [0.05, 0.1) is 12.9 Å². The van der Waals surface area contributed by atoms with E-state index in [2.05, 4.69) is 10.1 Å². The van der Waals surface area contributed by atoms with Gasteiger partial charge in [0, 0.05) is 11.4 Å². The van der Waals surface area contributed by atoms with Gasteiger partial charge in [-0.05, 0) is 42.7 Å². The van der Waals surface area contributed by atoms with Crippen LogP contribution in [-0.4, -0.2) is 25.4 Å².